The summed E-state index contributed by atoms with van der Waals surface area (Å²) < 4.78 is 6.08. The second kappa shape index (κ2) is 11.9. The Kier molecular flexibility index (Phi) is 9.55. The predicted molar refractivity (Wildman–Crippen MR) is 124 cm³/mol. The fourth-order valence-corrected chi connectivity index (χ4v) is 3.59. The molecule has 1 saturated heterocycles. The van der Waals surface area contributed by atoms with Crippen LogP contribution in [-0.4, -0.2) is 54.6 Å². The quantitative estimate of drug-likeness (QED) is 0.566. The molecule has 1 fully saturated rings. The summed E-state index contributed by atoms with van der Waals surface area (Å²) in [6.45, 7) is 7.54. The summed E-state index contributed by atoms with van der Waals surface area (Å²) >= 11 is 3.48. The van der Waals surface area contributed by atoms with Gasteiger partial charge in [-0.3, -0.25) is 9.59 Å². The van der Waals surface area contributed by atoms with Gasteiger partial charge in [0.1, 0.15) is 5.60 Å². The Labute approximate surface area is 192 Å². The van der Waals surface area contributed by atoms with Crippen molar-refractivity contribution in [1.82, 2.24) is 15.5 Å². The van der Waals surface area contributed by atoms with Gasteiger partial charge in [0.25, 0.3) is 0 Å². The number of nitrogens with zero attached hydrogens (tertiary/aromatic N) is 1. The average molecular weight is 494 g/mol. The molecule has 31 heavy (non-hydrogen) atoms. The summed E-state index contributed by atoms with van der Waals surface area (Å²) in [4.78, 5) is 37.8. The molecule has 0 aliphatic carbocycles. The lowest BCUT2D eigenvalue weighted by Crippen LogP contribution is -2.41. The Hall–Kier alpha value is -2.35. The number of amides is 3. The van der Waals surface area contributed by atoms with Crippen LogP contribution in [0.3, 0.4) is 0 Å². The van der Waals surface area contributed by atoms with E-state index in [1.54, 1.807) is 26.8 Å². The first-order valence-electron chi connectivity index (χ1n) is 10.6. The maximum atomic E-state index is 12.4. The molecule has 0 aromatic heterocycles. The number of piperidine rings is 1. The van der Waals surface area contributed by atoms with E-state index in [1.807, 2.05) is 35.2 Å². The molecule has 7 nitrogen and oxygen atoms in total. The van der Waals surface area contributed by atoms with Crippen LogP contribution in [0.4, 0.5) is 4.79 Å². The van der Waals surface area contributed by atoms with Gasteiger partial charge in [0.05, 0.1) is 0 Å². The Morgan fingerprint density at radius 3 is 2.48 bits per heavy atom. The van der Waals surface area contributed by atoms with E-state index in [-0.39, 0.29) is 24.8 Å². The maximum Gasteiger partial charge on any atom is 0.407 e. The number of halogens is 1. The molecule has 0 spiro atoms. The van der Waals surface area contributed by atoms with Crippen LogP contribution in [-0.2, 0) is 14.3 Å². The van der Waals surface area contributed by atoms with E-state index in [0.717, 1.165) is 22.9 Å². The lowest BCUT2D eigenvalue weighted by atomic mass is 9.96. The first-order chi connectivity index (χ1) is 14.6. The summed E-state index contributed by atoms with van der Waals surface area (Å²) in [5.74, 6) is 0.247. The number of benzene rings is 1. The van der Waals surface area contributed by atoms with E-state index in [1.165, 1.54) is 0 Å². The van der Waals surface area contributed by atoms with Gasteiger partial charge in [0.15, 0.2) is 0 Å². The van der Waals surface area contributed by atoms with Crippen LogP contribution in [0.5, 0.6) is 0 Å². The van der Waals surface area contributed by atoms with Gasteiger partial charge >= 0.3 is 6.09 Å². The highest BCUT2D eigenvalue weighted by molar-refractivity contribution is 9.10. The molecule has 0 unspecified atom stereocenters. The van der Waals surface area contributed by atoms with Crippen molar-refractivity contribution in [3.8, 4) is 0 Å². The summed E-state index contributed by atoms with van der Waals surface area (Å²) in [6.07, 6.45) is 4.82. The van der Waals surface area contributed by atoms with Crippen LogP contribution in [0.25, 0.3) is 6.08 Å². The molecule has 1 heterocycles. The standard InChI is InChI=1S/C23H32BrN3O4/c1-23(2,3)31-22(30)25-13-10-20(28)26-16-17-11-14-27(15-12-17)21(29)9-8-18-6-4-5-7-19(18)24/h4-9,17H,10-16H2,1-3H3,(H,25,30)(H,26,28)/b9-8+. The molecule has 1 aromatic carbocycles. The minimum atomic E-state index is -0.559. The van der Waals surface area contributed by atoms with Gasteiger partial charge in [-0.05, 0) is 57.2 Å². The van der Waals surface area contributed by atoms with Crippen molar-refractivity contribution in [3.05, 3.63) is 40.4 Å². The molecule has 3 amide bonds. The average Bonchev–Trinajstić information content (AvgIpc) is 2.70. The van der Waals surface area contributed by atoms with Gasteiger partial charge in [-0.2, -0.15) is 0 Å². The van der Waals surface area contributed by atoms with Crippen molar-refractivity contribution in [1.29, 1.82) is 0 Å². The molecule has 0 radical (unpaired) electrons. The zero-order valence-electron chi connectivity index (χ0n) is 18.4. The van der Waals surface area contributed by atoms with Crippen molar-refractivity contribution in [2.45, 2.75) is 45.6 Å². The lowest BCUT2D eigenvalue weighted by molar-refractivity contribution is -0.127. The number of carbonyl (C=O) groups excluding carboxylic acids is 3. The van der Waals surface area contributed by atoms with Crippen LogP contribution in [0.2, 0.25) is 0 Å². The minimum Gasteiger partial charge on any atom is -0.444 e. The highest BCUT2D eigenvalue weighted by Gasteiger charge is 2.22. The van der Waals surface area contributed by atoms with Crippen molar-refractivity contribution in [2.75, 3.05) is 26.2 Å². The van der Waals surface area contributed by atoms with Gasteiger partial charge in [-0.25, -0.2) is 4.79 Å². The van der Waals surface area contributed by atoms with Crippen molar-refractivity contribution >= 4 is 39.9 Å². The van der Waals surface area contributed by atoms with Crippen molar-refractivity contribution in [3.63, 3.8) is 0 Å². The second-order valence-corrected chi connectivity index (χ2v) is 9.46. The van der Waals surface area contributed by atoms with Gasteiger partial charge in [0, 0.05) is 43.1 Å². The monoisotopic (exact) mass is 493 g/mol. The summed E-state index contributed by atoms with van der Waals surface area (Å²) in [6, 6.07) is 7.76. The molecular weight excluding hydrogens is 462 g/mol. The van der Waals surface area contributed by atoms with Crippen LogP contribution < -0.4 is 10.6 Å². The Balaban J connectivity index is 1.63. The first-order valence-corrected chi connectivity index (χ1v) is 11.4. The summed E-state index contributed by atoms with van der Waals surface area (Å²) in [7, 11) is 0. The molecule has 170 valence electrons. The van der Waals surface area contributed by atoms with Gasteiger partial charge < -0.3 is 20.3 Å². The number of rotatable bonds is 7. The summed E-state index contributed by atoms with van der Waals surface area (Å²) in [5, 5.41) is 5.50. The largest absolute Gasteiger partial charge is 0.444 e. The highest BCUT2D eigenvalue weighted by atomic mass is 79.9. The van der Waals surface area contributed by atoms with E-state index in [0.29, 0.717) is 25.6 Å². The number of likely N-dealkylation sites (tertiary alicyclic amines) is 1. The topological polar surface area (TPSA) is 87.7 Å². The van der Waals surface area contributed by atoms with E-state index in [2.05, 4.69) is 26.6 Å². The molecule has 1 aliphatic rings. The normalized spacial score (nSPS) is 15.0. The maximum absolute atomic E-state index is 12.4. The molecule has 2 N–H and O–H groups in total. The Morgan fingerprint density at radius 2 is 1.84 bits per heavy atom. The smallest absolute Gasteiger partial charge is 0.407 e. The van der Waals surface area contributed by atoms with Crippen LogP contribution >= 0.6 is 15.9 Å². The Morgan fingerprint density at radius 1 is 1.16 bits per heavy atom. The Bertz CT molecular complexity index is 796. The molecular formula is C23H32BrN3O4. The number of hydrogen-bond donors (Lipinski definition) is 2. The zero-order chi connectivity index (χ0) is 22.9. The molecule has 0 atom stereocenters. The van der Waals surface area contributed by atoms with E-state index in [4.69, 9.17) is 4.74 Å². The molecule has 1 aliphatic heterocycles. The van der Waals surface area contributed by atoms with Crippen molar-refractivity contribution in [2.24, 2.45) is 5.92 Å². The van der Waals surface area contributed by atoms with E-state index >= 15 is 0 Å². The van der Waals surface area contributed by atoms with E-state index < -0.39 is 11.7 Å². The number of nitrogens with one attached hydrogen (secondary N) is 2. The third-order valence-electron chi connectivity index (χ3n) is 4.85. The van der Waals surface area contributed by atoms with Crippen LogP contribution in [0, 0.1) is 5.92 Å². The molecule has 0 saturated carbocycles. The third kappa shape index (κ3) is 9.55. The summed E-state index contributed by atoms with van der Waals surface area (Å²) in [5.41, 5.74) is 0.408. The second-order valence-electron chi connectivity index (χ2n) is 8.61. The minimum absolute atomic E-state index is 0.00598. The van der Waals surface area contributed by atoms with Gasteiger partial charge in [0.2, 0.25) is 11.8 Å². The first kappa shape index (κ1) is 24.9. The van der Waals surface area contributed by atoms with Crippen molar-refractivity contribution < 1.29 is 19.1 Å². The zero-order valence-corrected chi connectivity index (χ0v) is 20.0. The SMILES string of the molecule is CC(C)(C)OC(=O)NCCC(=O)NCC1CCN(C(=O)/C=C/c2ccccc2Br)CC1. The van der Waals surface area contributed by atoms with E-state index in [9.17, 15) is 14.4 Å². The predicted octanol–water partition coefficient (Wildman–Crippen LogP) is 3.73. The van der Waals surface area contributed by atoms with Crippen LogP contribution in [0.1, 0.15) is 45.6 Å². The lowest BCUT2D eigenvalue weighted by Gasteiger charge is -2.31. The number of hydrogen-bond acceptors (Lipinski definition) is 4. The van der Waals surface area contributed by atoms with Gasteiger partial charge in [-0.1, -0.05) is 34.1 Å². The number of ether oxygens (including phenoxy) is 1. The van der Waals surface area contributed by atoms with Gasteiger partial charge in [-0.15, -0.1) is 0 Å². The fraction of sp³-hybridized carbons (Fsp3) is 0.522. The number of alkyl carbamates (subject to hydrolysis) is 1. The third-order valence-corrected chi connectivity index (χ3v) is 5.57. The molecule has 1 aromatic rings. The van der Waals surface area contributed by atoms with Crippen LogP contribution in [0.15, 0.2) is 34.8 Å². The molecule has 8 heteroatoms. The highest BCUT2D eigenvalue weighted by Crippen LogP contribution is 2.19. The number of carbonyl (C=O) groups is 3. The fourth-order valence-electron chi connectivity index (χ4n) is 3.17. The molecule has 2 rings (SSSR count). The molecule has 0 bridgehead atoms.